The van der Waals surface area contributed by atoms with E-state index < -0.39 is 0 Å². The van der Waals surface area contributed by atoms with Crippen molar-refractivity contribution < 1.29 is 18.8 Å². The minimum atomic E-state index is 0.323. The molecular weight excluding hydrogens is 144 g/mol. The van der Waals surface area contributed by atoms with Gasteiger partial charge < -0.3 is 9.62 Å². The Hall–Kier alpha value is -0.680. The van der Waals surface area contributed by atoms with E-state index in [9.17, 15) is 4.79 Å². The Labute approximate surface area is 55.9 Å². The molecule has 0 fully saturated rings. The van der Waals surface area contributed by atoms with Crippen molar-refractivity contribution in [2.45, 2.75) is 6.92 Å². The van der Waals surface area contributed by atoms with Gasteiger partial charge in [0.2, 0.25) is 5.09 Å². The summed E-state index contributed by atoms with van der Waals surface area (Å²) in [5.41, 5.74) is 0. The molecule has 1 rings (SSSR count). The van der Waals surface area contributed by atoms with Crippen LogP contribution in [0.5, 0.6) is 0 Å². The molecule has 4 nitrogen and oxygen atoms in total. The summed E-state index contributed by atoms with van der Waals surface area (Å²) < 4.78 is 8.81. The quantitative estimate of drug-likeness (QED) is 0.331. The average Bonchev–Trinajstić information content (AvgIpc) is 2.18. The van der Waals surface area contributed by atoms with Crippen LogP contribution in [-0.4, -0.2) is 6.47 Å². The fourth-order valence-corrected chi connectivity index (χ4v) is 0.766. The summed E-state index contributed by atoms with van der Waals surface area (Å²) in [5, 5.41) is 0.352. The van der Waals surface area contributed by atoms with Gasteiger partial charge in [0.15, 0.2) is 5.76 Å². The van der Waals surface area contributed by atoms with Gasteiger partial charge in [-0.05, 0) is 0 Å². The van der Waals surface area contributed by atoms with Gasteiger partial charge in [-0.1, -0.05) is 0 Å². The van der Waals surface area contributed by atoms with Gasteiger partial charge in [-0.3, -0.25) is 4.79 Å². The van der Waals surface area contributed by atoms with E-state index in [1.54, 1.807) is 6.92 Å². The molecule has 50 valence electrons. The van der Waals surface area contributed by atoms with Crippen LogP contribution in [0, 0.1) is 0 Å². The Kier molecular flexibility index (Phi) is 1.96. The van der Waals surface area contributed by atoms with Crippen LogP contribution in [-0.2, 0) is 18.8 Å². The summed E-state index contributed by atoms with van der Waals surface area (Å²) in [4.78, 5) is 14.2. The molecular formula is C4H4O4S. The fraction of sp³-hybridized carbons (Fsp3) is 0.250. The van der Waals surface area contributed by atoms with Gasteiger partial charge in [0.05, 0.1) is 0 Å². The lowest BCUT2D eigenvalue weighted by Crippen LogP contribution is -1.83. The Bertz CT molecular complexity index is 153. The van der Waals surface area contributed by atoms with Gasteiger partial charge >= 0.3 is 0 Å². The summed E-state index contributed by atoms with van der Waals surface area (Å²) in [6.45, 7) is 1.96. The Morgan fingerprint density at radius 3 is 3.00 bits per heavy atom. The third-order valence-corrected chi connectivity index (χ3v) is 1.38. The van der Waals surface area contributed by atoms with Gasteiger partial charge in [0.25, 0.3) is 6.47 Å². The van der Waals surface area contributed by atoms with Crippen molar-refractivity contribution in [3.8, 4) is 0 Å². The molecule has 0 aromatic rings. The van der Waals surface area contributed by atoms with E-state index in [-0.39, 0.29) is 0 Å². The SMILES string of the molecule is CC1=C(OC=O)SOO1. The molecule has 9 heavy (non-hydrogen) atoms. The second-order valence-corrected chi connectivity index (χ2v) is 1.97. The zero-order valence-electron chi connectivity index (χ0n) is 4.62. The molecule has 0 bridgehead atoms. The van der Waals surface area contributed by atoms with Crippen molar-refractivity contribution in [3.05, 3.63) is 10.9 Å². The van der Waals surface area contributed by atoms with Gasteiger partial charge in [0, 0.05) is 6.92 Å². The maximum atomic E-state index is 9.73. The number of hydrogen-bond donors (Lipinski definition) is 0. The van der Waals surface area contributed by atoms with Crippen molar-refractivity contribution in [2.75, 3.05) is 0 Å². The lowest BCUT2D eigenvalue weighted by Gasteiger charge is -1.88. The zero-order valence-corrected chi connectivity index (χ0v) is 5.44. The van der Waals surface area contributed by atoms with Crippen molar-refractivity contribution in [1.82, 2.24) is 0 Å². The van der Waals surface area contributed by atoms with Crippen LogP contribution >= 0.6 is 12.0 Å². The first-order valence-corrected chi connectivity index (χ1v) is 2.91. The Morgan fingerprint density at radius 2 is 2.56 bits per heavy atom. The lowest BCUT2D eigenvalue weighted by molar-refractivity contribution is -0.139. The highest BCUT2D eigenvalue weighted by Gasteiger charge is 2.16. The van der Waals surface area contributed by atoms with Gasteiger partial charge in [-0.2, -0.15) is 0 Å². The third kappa shape index (κ3) is 1.36. The van der Waals surface area contributed by atoms with E-state index in [0.717, 1.165) is 12.0 Å². The minimum absolute atomic E-state index is 0.323. The number of rotatable bonds is 2. The maximum absolute atomic E-state index is 9.73. The normalized spacial score (nSPS) is 17.4. The van der Waals surface area contributed by atoms with Crippen LogP contribution in [0.1, 0.15) is 6.92 Å². The largest absolute Gasteiger partial charge is 0.415 e. The molecule has 1 aliphatic heterocycles. The number of carbonyl (C=O) groups is 1. The molecule has 0 aliphatic carbocycles. The molecule has 0 aromatic carbocycles. The molecule has 0 saturated carbocycles. The molecule has 1 heterocycles. The van der Waals surface area contributed by atoms with Crippen molar-refractivity contribution in [2.24, 2.45) is 0 Å². The Morgan fingerprint density at radius 1 is 1.78 bits per heavy atom. The molecule has 0 aromatic heterocycles. The van der Waals surface area contributed by atoms with E-state index in [4.69, 9.17) is 0 Å². The molecule has 0 amide bonds. The van der Waals surface area contributed by atoms with Crippen LogP contribution < -0.4 is 0 Å². The van der Waals surface area contributed by atoms with Crippen molar-refractivity contribution >= 4 is 18.5 Å². The summed E-state index contributed by atoms with van der Waals surface area (Å²) in [6.07, 6.45) is 0. The Balaban J connectivity index is 2.54. The second-order valence-electron chi connectivity index (χ2n) is 1.29. The monoisotopic (exact) mass is 148 g/mol. The molecule has 0 saturated heterocycles. The average molecular weight is 148 g/mol. The number of carbonyl (C=O) groups excluding carboxylic acids is 1. The standard InChI is InChI=1S/C4H4O4S/c1-3-4(6-2-5)9-8-7-3/h2H,1H3. The van der Waals surface area contributed by atoms with Crippen molar-refractivity contribution in [3.63, 3.8) is 0 Å². The van der Waals surface area contributed by atoms with Gasteiger partial charge in [-0.25, -0.2) is 0 Å². The van der Waals surface area contributed by atoms with Gasteiger partial charge in [0.1, 0.15) is 12.0 Å². The van der Waals surface area contributed by atoms with Crippen molar-refractivity contribution in [1.29, 1.82) is 0 Å². The highest BCUT2D eigenvalue weighted by molar-refractivity contribution is 7.98. The molecule has 1 aliphatic rings. The van der Waals surface area contributed by atoms with E-state index in [1.807, 2.05) is 0 Å². The van der Waals surface area contributed by atoms with Crippen LogP contribution in [0.15, 0.2) is 10.9 Å². The summed E-state index contributed by atoms with van der Waals surface area (Å²) in [7, 11) is 0. The third-order valence-electron chi connectivity index (χ3n) is 0.711. The number of ether oxygens (including phenoxy) is 1. The summed E-state index contributed by atoms with van der Waals surface area (Å²) in [6, 6.07) is 0. The summed E-state index contributed by atoms with van der Waals surface area (Å²) in [5.74, 6) is 0.465. The van der Waals surface area contributed by atoms with E-state index in [2.05, 4.69) is 14.0 Å². The minimum Gasteiger partial charge on any atom is -0.415 e. The van der Waals surface area contributed by atoms with Gasteiger partial charge in [-0.15, -0.1) is 4.33 Å². The van der Waals surface area contributed by atoms with Crippen LogP contribution in [0.2, 0.25) is 0 Å². The smallest absolute Gasteiger partial charge is 0.299 e. The molecule has 0 unspecified atom stereocenters. The summed E-state index contributed by atoms with van der Waals surface area (Å²) >= 11 is 0.879. The molecule has 5 heteroatoms. The molecule has 0 N–H and O–H groups in total. The maximum Gasteiger partial charge on any atom is 0.299 e. The first kappa shape index (κ1) is 6.44. The van der Waals surface area contributed by atoms with E-state index in [1.165, 1.54) is 0 Å². The highest BCUT2D eigenvalue weighted by Crippen LogP contribution is 2.29. The van der Waals surface area contributed by atoms with E-state index >= 15 is 0 Å². The molecule has 0 spiro atoms. The van der Waals surface area contributed by atoms with Crippen LogP contribution in [0.25, 0.3) is 0 Å². The first-order chi connectivity index (χ1) is 4.34. The zero-order chi connectivity index (χ0) is 6.69. The number of hydrogen-bond acceptors (Lipinski definition) is 5. The predicted molar refractivity (Wildman–Crippen MR) is 29.6 cm³/mol. The predicted octanol–water partition coefficient (Wildman–Crippen LogP) is 0.958. The molecule has 0 radical (unpaired) electrons. The van der Waals surface area contributed by atoms with E-state index in [0.29, 0.717) is 17.3 Å². The van der Waals surface area contributed by atoms with Crippen LogP contribution in [0.3, 0.4) is 0 Å². The lowest BCUT2D eigenvalue weighted by atomic mass is 10.6. The highest BCUT2D eigenvalue weighted by atomic mass is 32.2. The second kappa shape index (κ2) is 2.75. The topological polar surface area (TPSA) is 44.8 Å². The van der Waals surface area contributed by atoms with Crippen LogP contribution in [0.4, 0.5) is 0 Å². The fourth-order valence-electron chi connectivity index (χ4n) is 0.338. The first-order valence-electron chi connectivity index (χ1n) is 2.17. The number of allylic oxidation sites excluding steroid dienone is 1. The molecule has 0 atom stereocenters.